The summed E-state index contributed by atoms with van der Waals surface area (Å²) in [5.41, 5.74) is 2.26. The smallest absolute Gasteiger partial charge is 0.0896 e. The van der Waals surface area contributed by atoms with Gasteiger partial charge in [-0.25, -0.2) is 0 Å². The minimum absolute atomic E-state index is 0.667. The fourth-order valence-corrected chi connectivity index (χ4v) is 2.31. The molecule has 0 atom stereocenters. The first kappa shape index (κ1) is 11.1. The summed E-state index contributed by atoms with van der Waals surface area (Å²) in [6.45, 7) is 3.68. The van der Waals surface area contributed by atoms with E-state index in [1.165, 1.54) is 12.8 Å². The van der Waals surface area contributed by atoms with Crippen molar-refractivity contribution in [2.75, 3.05) is 6.61 Å². The first-order chi connectivity index (χ1) is 7.22. The van der Waals surface area contributed by atoms with Gasteiger partial charge in [0.25, 0.3) is 0 Å². The van der Waals surface area contributed by atoms with Gasteiger partial charge in [-0.2, -0.15) is 5.10 Å². The van der Waals surface area contributed by atoms with Gasteiger partial charge in [-0.1, -0.05) is 6.92 Å². The zero-order valence-corrected chi connectivity index (χ0v) is 10.9. The molecular formula is C11H17BrN2O. The topological polar surface area (TPSA) is 27.1 Å². The average molecular weight is 273 g/mol. The van der Waals surface area contributed by atoms with Gasteiger partial charge in [0.2, 0.25) is 0 Å². The van der Waals surface area contributed by atoms with E-state index in [0.717, 1.165) is 34.8 Å². The van der Waals surface area contributed by atoms with Crippen molar-refractivity contribution in [2.45, 2.75) is 32.8 Å². The van der Waals surface area contributed by atoms with E-state index in [1.54, 1.807) is 0 Å². The summed E-state index contributed by atoms with van der Waals surface area (Å²) >= 11 is 3.58. The molecule has 1 aromatic rings. The highest BCUT2D eigenvalue weighted by Crippen LogP contribution is 2.29. The lowest BCUT2D eigenvalue weighted by Gasteiger charge is -2.04. The van der Waals surface area contributed by atoms with E-state index in [0.29, 0.717) is 6.61 Å². The lowest BCUT2D eigenvalue weighted by atomic mass is 10.3. The van der Waals surface area contributed by atoms with E-state index in [1.807, 2.05) is 11.7 Å². The van der Waals surface area contributed by atoms with E-state index in [9.17, 15) is 0 Å². The number of aryl methyl sites for hydroxylation is 2. The summed E-state index contributed by atoms with van der Waals surface area (Å²) in [6.07, 6.45) is 3.64. The van der Waals surface area contributed by atoms with Crippen molar-refractivity contribution in [1.82, 2.24) is 9.78 Å². The second-order valence-corrected chi connectivity index (χ2v) is 4.94. The highest BCUT2D eigenvalue weighted by molar-refractivity contribution is 9.10. The molecule has 2 rings (SSSR count). The van der Waals surface area contributed by atoms with Crippen LogP contribution in [0.4, 0.5) is 0 Å². The summed E-state index contributed by atoms with van der Waals surface area (Å²) in [6, 6.07) is 0. The Morgan fingerprint density at radius 3 is 2.80 bits per heavy atom. The number of hydrogen-bond donors (Lipinski definition) is 0. The lowest BCUT2D eigenvalue weighted by Crippen LogP contribution is -2.03. The van der Waals surface area contributed by atoms with Gasteiger partial charge in [0, 0.05) is 13.7 Å². The van der Waals surface area contributed by atoms with Crippen molar-refractivity contribution >= 4 is 15.9 Å². The van der Waals surface area contributed by atoms with Crippen molar-refractivity contribution in [3.63, 3.8) is 0 Å². The third-order valence-electron chi connectivity index (χ3n) is 2.79. The molecule has 1 aliphatic carbocycles. The molecule has 84 valence electrons. The van der Waals surface area contributed by atoms with Crippen molar-refractivity contribution in [1.29, 1.82) is 0 Å². The second kappa shape index (κ2) is 4.66. The van der Waals surface area contributed by atoms with E-state index >= 15 is 0 Å². The highest BCUT2D eigenvalue weighted by atomic mass is 79.9. The maximum absolute atomic E-state index is 5.67. The number of halogens is 1. The summed E-state index contributed by atoms with van der Waals surface area (Å²) in [4.78, 5) is 0. The van der Waals surface area contributed by atoms with Gasteiger partial charge >= 0.3 is 0 Å². The number of ether oxygens (including phenoxy) is 1. The van der Waals surface area contributed by atoms with Crippen LogP contribution >= 0.6 is 15.9 Å². The largest absolute Gasteiger partial charge is 0.375 e. The van der Waals surface area contributed by atoms with Gasteiger partial charge in [-0.05, 0) is 41.1 Å². The number of hydrogen-bond acceptors (Lipinski definition) is 2. The Hall–Kier alpha value is -0.350. The molecule has 0 saturated heterocycles. The van der Waals surface area contributed by atoms with E-state index in [4.69, 9.17) is 4.74 Å². The van der Waals surface area contributed by atoms with Crippen LogP contribution in [0, 0.1) is 5.92 Å². The van der Waals surface area contributed by atoms with Crippen molar-refractivity contribution in [2.24, 2.45) is 13.0 Å². The molecule has 1 heterocycles. The molecule has 0 N–H and O–H groups in total. The molecule has 4 heteroatoms. The maximum atomic E-state index is 5.67. The molecule has 0 aromatic carbocycles. The fourth-order valence-electron chi connectivity index (χ4n) is 1.58. The van der Waals surface area contributed by atoms with Gasteiger partial charge in [0.05, 0.1) is 22.5 Å². The number of rotatable bonds is 5. The predicted octanol–water partition coefficient (Wildman–Crippen LogP) is 2.67. The van der Waals surface area contributed by atoms with Crippen molar-refractivity contribution < 1.29 is 4.74 Å². The Kier molecular flexibility index (Phi) is 3.46. The van der Waals surface area contributed by atoms with Crippen molar-refractivity contribution in [3.05, 3.63) is 15.9 Å². The van der Waals surface area contributed by atoms with Crippen LogP contribution in [-0.4, -0.2) is 16.4 Å². The van der Waals surface area contributed by atoms with Crippen LogP contribution in [0.2, 0.25) is 0 Å². The number of nitrogens with zero attached hydrogens (tertiary/aromatic N) is 2. The van der Waals surface area contributed by atoms with E-state index < -0.39 is 0 Å². The molecule has 15 heavy (non-hydrogen) atoms. The van der Waals surface area contributed by atoms with Gasteiger partial charge in [-0.15, -0.1) is 0 Å². The summed E-state index contributed by atoms with van der Waals surface area (Å²) in [5, 5.41) is 4.43. The molecule has 1 aliphatic rings. The second-order valence-electron chi connectivity index (χ2n) is 4.14. The quantitative estimate of drug-likeness (QED) is 0.824. The van der Waals surface area contributed by atoms with Gasteiger partial charge in [0.1, 0.15) is 0 Å². The molecule has 0 spiro atoms. The molecule has 1 aromatic heterocycles. The van der Waals surface area contributed by atoms with Crippen LogP contribution < -0.4 is 0 Å². The third kappa shape index (κ3) is 2.61. The van der Waals surface area contributed by atoms with Gasteiger partial charge < -0.3 is 4.74 Å². The molecular weight excluding hydrogens is 256 g/mol. The predicted molar refractivity (Wildman–Crippen MR) is 62.7 cm³/mol. The molecule has 0 bridgehead atoms. The minimum Gasteiger partial charge on any atom is -0.375 e. The maximum Gasteiger partial charge on any atom is 0.0896 e. The fraction of sp³-hybridized carbons (Fsp3) is 0.727. The first-order valence-corrected chi connectivity index (χ1v) is 6.29. The SMILES string of the molecule is CCc1nn(C)c(COCC2CC2)c1Br. The van der Waals surface area contributed by atoms with Crippen LogP contribution in [0.1, 0.15) is 31.2 Å². The van der Waals surface area contributed by atoms with Crippen LogP contribution in [0.5, 0.6) is 0 Å². The Bertz CT molecular complexity index is 345. The number of aromatic nitrogens is 2. The normalized spacial score (nSPS) is 15.9. The Balaban J connectivity index is 1.95. The molecule has 0 unspecified atom stereocenters. The summed E-state index contributed by atoms with van der Waals surface area (Å²) in [7, 11) is 1.97. The lowest BCUT2D eigenvalue weighted by molar-refractivity contribution is 0.106. The molecule has 0 amide bonds. The minimum atomic E-state index is 0.667. The Labute approximate surface area is 98.9 Å². The van der Waals surface area contributed by atoms with Crippen LogP contribution in [0.25, 0.3) is 0 Å². The van der Waals surface area contributed by atoms with Gasteiger partial charge in [-0.3, -0.25) is 4.68 Å². The Morgan fingerprint density at radius 2 is 2.27 bits per heavy atom. The Morgan fingerprint density at radius 1 is 1.53 bits per heavy atom. The third-order valence-corrected chi connectivity index (χ3v) is 3.71. The molecule has 0 aliphatic heterocycles. The van der Waals surface area contributed by atoms with Crippen LogP contribution in [-0.2, 0) is 24.8 Å². The molecule has 1 fully saturated rings. The standard InChI is InChI=1S/C11H17BrN2O/c1-3-9-11(12)10(14(2)13-9)7-15-6-8-4-5-8/h8H,3-7H2,1-2H3. The highest BCUT2D eigenvalue weighted by Gasteiger charge is 2.21. The monoisotopic (exact) mass is 272 g/mol. The average Bonchev–Trinajstić information content (AvgIpc) is 2.99. The van der Waals surface area contributed by atoms with Crippen molar-refractivity contribution in [3.8, 4) is 0 Å². The molecule has 1 saturated carbocycles. The van der Waals surface area contributed by atoms with E-state index in [2.05, 4.69) is 28.0 Å². The molecule has 3 nitrogen and oxygen atoms in total. The van der Waals surface area contributed by atoms with Gasteiger partial charge in [0.15, 0.2) is 0 Å². The summed E-state index contributed by atoms with van der Waals surface area (Å²) in [5.74, 6) is 0.822. The zero-order chi connectivity index (χ0) is 10.8. The molecule has 0 radical (unpaired) electrons. The zero-order valence-electron chi connectivity index (χ0n) is 9.29. The van der Waals surface area contributed by atoms with Crippen LogP contribution in [0.3, 0.4) is 0 Å². The first-order valence-electron chi connectivity index (χ1n) is 5.50. The van der Waals surface area contributed by atoms with E-state index in [-0.39, 0.29) is 0 Å². The van der Waals surface area contributed by atoms with Crippen LogP contribution in [0.15, 0.2) is 4.47 Å². The summed E-state index contributed by atoms with van der Waals surface area (Å²) < 4.78 is 8.70.